The van der Waals surface area contributed by atoms with Crippen LogP contribution in [0.15, 0.2) is 78.9 Å². The van der Waals surface area contributed by atoms with Gasteiger partial charge >= 0.3 is 5.97 Å². The number of carbonyl (C=O) groups is 1. The summed E-state index contributed by atoms with van der Waals surface area (Å²) in [5.74, 6) is -0.166. The summed E-state index contributed by atoms with van der Waals surface area (Å²) >= 11 is 0. The number of rotatable bonds is 4. The number of aromatic carboxylic acids is 1. The Bertz CT molecular complexity index is 1050. The molecule has 1 N–H and O–H groups in total. The lowest BCUT2D eigenvalue weighted by Crippen LogP contribution is -2.03. The lowest BCUT2D eigenvalue weighted by atomic mass is 10.1. The number of para-hydroxylation sites is 2. The Hall–Kier alpha value is -3.40. The number of carboxylic acid groups (broad SMARTS) is 1. The molecule has 0 unspecified atom stereocenters. The van der Waals surface area contributed by atoms with Crippen molar-refractivity contribution >= 4 is 17.0 Å². The Labute approximate surface area is 145 Å². The second-order valence-electron chi connectivity index (χ2n) is 5.88. The van der Waals surface area contributed by atoms with Crippen molar-refractivity contribution in [1.82, 2.24) is 9.55 Å². The zero-order valence-electron chi connectivity index (χ0n) is 13.5. The number of fused-ring (bicyclic) bond motifs is 1. The van der Waals surface area contributed by atoms with Crippen LogP contribution in [-0.4, -0.2) is 20.6 Å². The standard InChI is InChI=1S/C21H16N2O2/c24-21(25)17-10-6-9-16(13-17)20-22-18-11-4-5-12-19(18)23(20)14-15-7-2-1-3-8-15/h1-13H,14H2,(H,24,25). The van der Waals surface area contributed by atoms with E-state index in [1.165, 1.54) is 5.56 Å². The molecule has 4 aromatic rings. The van der Waals surface area contributed by atoms with E-state index in [0.29, 0.717) is 6.54 Å². The average molecular weight is 328 g/mol. The first kappa shape index (κ1) is 15.1. The second kappa shape index (κ2) is 6.24. The van der Waals surface area contributed by atoms with Crippen molar-refractivity contribution in [2.24, 2.45) is 0 Å². The molecule has 4 nitrogen and oxygen atoms in total. The van der Waals surface area contributed by atoms with Crippen LogP contribution in [0.4, 0.5) is 0 Å². The number of nitrogens with zero attached hydrogens (tertiary/aromatic N) is 2. The van der Waals surface area contributed by atoms with Crippen LogP contribution in [0, 0.1) is 0 Å². The molecule has 122 valence electrons. The van der Waals surface area contributed by atoms with Crippen LogP contribution in [0.5, 0.6) is 0 Å². The van der Waals surface area contributed by atoms with E-state index < -0.39 is 5.97 Å². The predicted molar refractivity (Wildman–Crippen MR) is 97.7 cm³/mol. The van der Waals surface area contributed by atoms with E-state index in [0.717, 1.165) is 22.4 Å². The van der Waals surface area contributed by atoms with Gasteiger partial charge < -0.3 is 9.67 Å². The Balaban J connectivity index is 1.90. The molecule has 1 aromatic heterocycles. The molecular weight excluding hydrogens is 312 g/mol. The summed E-state index contributed by atoms with van der Waals surface area (Å²) in [6, 6.07) is 25.0. The fraction of sp³-hybridized carbons (Fsp3) is 0.0476. The van der Waals surface area contributed by atoms with Crippen LogP contribution >= 0.6 is 0 Å². The summed E-state index contributed by atoms with van der Waals surface area (Å²) in [6.45, 7) is 0.675. The minimum Gasteiger partial charge on any atom is -0.478 e. The van der Waals surface area contributed by atoms with E-state index in [2.05, 4.69) is 16.7 Å². The molecule has 0 aliphatic heterocycles. The van der Waals surface area contributed by atoms with Gasteiger partial charge in [-0.2, -0.15) is 0 Å². The molecule has 0 aliphatic rings. The molecule has 4 rings (SSSR count). The first-order valence-corrected chi connectivity index (χ1v) is 8.05. The number of benzene rings is 3. The molecule has 0 fully saturated rings. The summed E-state index contributed by atoms with van der Waals surface area (Å²) < 4.78 is 2.13. The predicted octanol–water partition coefficient (Wildman–Crippen LogP) is 4.45. The molecule has 0 aliphatic carbocycles. The first-order valence-electron chi connectivity index (χ1n) is 8.05. The van der Waals surface area contributed by atoms with Gasteiger partial charge in [-0.15, -0.1) is 0 Å². The molecule has 25 heavy (non-hydrogen) atoms. The maximum atomic E-state index is 11.3. The van der Waals surface area contributed by atoms with Crippen LogP contribution in [0.25, 0.3) is 22.4 Å². The lowest BCUT2D eigenvalue weighted by molar-refractivity contribution is 0.0697. The van der Waals surface area contributed by atoms with E-state index in [1.54, 1.807) is 18.2 Å². The van der Waals surface area contributed by atoms with Crippen LogP contribution < -0.4 is 0 Å². The zero-order valence-corrected chi connectivity index (χ0v) is 13.5. The fourth-order valence-corrected chi connectivity index (χ4v) is 3.01. The Morgan fingerprint density at radius 2 is 1.68 bits per heavy atom. The quantitative estimate of drug-likeness (QED) is 0.602. The minimum absolute atomic E-state index is 0.260. The van der Waals surface area contributed by atoms with Crippen molar-refractivity contribution in [3.63, 3.8) is 0 Å². The van der Waals surface area contributed by atoms with Gasteiger partial charge in [0.2, 0.25) is 0 Å². The van der Waals surface area contributed by atoms with Gasteiger partial charge in [0.25, 0.3) is 0 Å². The van der Waals surface area contributed by atoms with Crippen LogP contribution in [0.2, 0.25) is 0 Å². The fourth-order valence-electron chi connectivity index (χ4n) is 3.01. The van der Waals surface area contributed by atoms with E-state index >= 15 is 0 Å². The third-order valence-electron chi connectivity index (χ3n) is 4.21. The van der Waals surface area contributed by atoms with Gasteiger partial charge in [-0.25, -0.2) is 9.78 Å². The van der Waals surface area contributed by atoms with E-state index in [1.807, 2.05) is 48.5 Å². The Morgan fingerprint density at radius 3 is 2.48 bits per heavy atom. The van der Waals surface area contributed by atoms with Crippen molar-refractivity contribution in [3.8, 4) is 11.4 Å². The third-order valence-corrected chi connectivity index (χ3v) is 4.21. The Morgan fingerprint density at radius 1 is 0.920 bits per heavy atom. The van der Waals surface area contributed by atoms with E-state index in [9.17, 15) is 9.90 Å². The molecule has 4 heteroatoms. The second-order valence-corrected chi connectivity index (χ2v) is 5.88. The van der Waals surface area contributed by atoms with Crippen LogP contribution in [0.1, 0.15) is 15.9 Å². The summed E-state index contributed by atoms with van der Waals surface area (Å²) in [4.78, 5) is 16.1. The van der Waals surface area contributed by atoms with E-state index in [-0.39, 0.29) is 5.56 Å². The van der Waals surface area contributed by atoms with Crippen molar-refractivity contribution in [2.75, 3.05) is 0 Å². The molecule has 0 radical (unpaired) electrons. The summed E-state index contributed by atoms with van der Waals surface area (Å²) in [6.07, 6.45) is 0. The van der Waals surface area contributed by atoms with Crippen LogP contribution in [-0.2, 0) is 6.54 Å². The van der Waals surface area contributed by atoms with Gasteiger partial charge in [0, 0.05) is 12.1 Å². The van der Waals surface area contributed by atoms with Gasteiger partial charge in [-0.3, -0.25) is 0 Å². The topological polar surface area (TPSA) is 55.1 Å². The van der Waals surface area contributed by atoms with Gasteiger partial charge in [-0.1, -0.05) is 54.6 Å². The van der Waals surface area contributed by atoms with Crippen molar-refractivity contribution in [1.29, 1.82) is 0 Å². The Kier molecular flexibility index (Phi) is 3.78. The monoisotopic (exact) mass is 328 g/mol. The molecule has 3 aromatic carbocycles. The molecule has 0 atom stereocenters. The molecule has 0 bridgehead atoms. The molecule has 0 spiro atoms. The largest absolute Gasteiger partial charge is 0.478 e. The SMILES string of the molecule is O=C(O)c1cccc(-c2nc3ccccc3n2Cc2ccccc2)c1. The highest BCUT2D eigenvalue weighted by molar-refractivity contribution is 5.89. The van der Waals surface area contributed by atoms with Gasteiger partial charge in [0.05, 0.1) is 16.6 Å². The highest BCUT2D eigenvalue weighted by Gasteiger charge is 2.14. The van der Waals surface area contributed by atoms with Gasteiger partial charge in [0.15, 0.2) is 0 Å². The van der Waals surface area contributed by atoms with Gasteiger partial charge in [-0.05, 0) is 29.8 Å². The van der Waals surface area contributed by atoms with E-state index in [4.69, 9.17) is 4.98 Å². The van der Waals surface area contributed by atoms with Crippen molar-refractivity contribution in [3.05, 3.63) is 90.0 Å². The first-order chi connectivity index (χ1) is 12.2. The molecule has 0 saturated heterocycles. The average Bonchev–Trinajstić information content (AvgIpc) is 3.01. The number of carboxylic acids is 1. The smallest absolute Gasteiger partial charge is 0.335 e. The summed E-state index contributed by atoms with van der Waals surface area (Å²) in [7, 11) is 0. The highest BCUT2D eigenvalue weighted by Crippen LogP contribution is 2.26. The summed E-state index contributed by atoms with van der Waals surface area (Å²) in [5, 5.41) is 9.27. The third kappa shape index (κ3) is 2.90. The normalized spacial score (nSPS) is 10.9. The lowest BCUT2D eigenvalue weighted by Gasteiger charge is -2.10. The minimum atomic E-state index is -0.937. The number of imidazole rings is 1. The number of hydrogen-bond acceptors (Lipinski definition) is 2. The molecule has 0 amide bonds. The van der Waals surface area contributed by atoms with Crippen LogP contribution in [0.3, 0.4) is 0 Å². The number of hydrogen-bond donors (Lipinski definition) is 1. The number of aromatic nitrogens is 2. The summed E-state index contributed by atoms with van der Waals surface area (Å²) in [5.41, 5.74) is 4.15. The van der Waals surface area contributed by atoms with Gasteiger partial charge in [0.1, 0.15) is 5.82 Å². The molecule has 0 saturated carbocycles. The molecule has 1 heterocycles. The van der Waals surface area contributed by atoms with Crippen molar-refractivity contribution < 1.29 is 9.90 Å². The molecular formula is C21H16N2O2. The van der Waals surface area contributed by atoms with Crippen molar-refractivity contribution in [2.45, 2.75) is 6.54 Å². The zero-order chi connectivity index (χ0) is 17.2. The highest BCUT2D eigenvalue weighted by atomic mass is 16.4. The maximum Gasteiger partial charge on any atom is 0.335 e. The maximum absolute atomic E-state index is 11.3.